The van der Waals surface area contributed by atoms with Crippen molar-refractivity contribution < 1.29 is 22.7 Å². The van der Waals surface area contributed by atoms with Crippen LogP contribution < -0.4 is 0 Å². The van der Waals surface area contributed by atoms with Crippen LogP contribution in [0.5, 0.6) is 0 Å². The Labute approximate surface area is 159 Å². The SMILES string of the molecule is CCOC(=O)c1c[nH]c(-c2ccc(C(F)(F)F)cc2)c1-c1cccc(C#N)c1. The van der Waals surface area contributed by atoms with E-state index in [1.165, 1.54) is 18.3 Å². The Morgan fingerprint density at radius 3 is 2.46 bits per heavy atom. The predicted molar refractivity (Wildman–Crippen MR) is 97.3 cm³/mol. The van der Waals surface area contributed by atoms with Crippen LogP contribution in [0.25, 0.3) is 22.4 Å². The number of carbonyl (C=O) groups is 1. The number of nitrogens with one attached hydrogen (secondary N) is 1. The summed E-state index contributed by atoms with van der Waals surface area (Å²) in [6.07, 6.45) is -2.98. The zero-order chi connectivity index (χ0) is 20.3. The molecule has 28 heavy (non-hydrogen) atoms. The van der Waals surface area contributed by atoms with Crippen molar-refractivity contribution in [3.63, 3.8) is 0 Å². The van der Waals surface area contributed by atoms with Crippen molar-refractivity contribution in [2.75, 3.05) is 6.61 Å². The summed E-state index contributed by atoms with van der Waals surface area (Å²) in [5, 5.41) is 9.16. The second kappa shape index (κ2) is 7.61. The molecule has 0 saturated carbocycles. The second-order valence-electron chi connectivity index (χ2n) is 5.94. The van der Waals surface area contributed by atoms with Gasteiger partial charge in [-0.3, -0.25) is 0 Å². The van der Waals surface area contributed by atoms with Gasteiger partial charge in [0, 0.05) is 11.8 Å². The van der Waals surface area contributed by atoms with E-state index >= 15 is 0 Å². The van der Waals surface area contributed by atoms with Gasteiger partial charge in [0.2, 0.25) is 0 Å². The number of hydrogen-bond donors (Lipinski definition) is 1. The molecule has 1 heterocycles. The van der Waals surface area contributed by atoms with Gasteiger partial charge in [-0.1, -0.05) is 24.3 Å². The fourth-order valence-corrected chi connectivity index (χ4v) is 2.89. The zero-order valence-electron chi connectivity index (χ0n) is 14.8. The van der Waals surface area contributed by atoms with Crippen LogP contribution in [0.2, 0.25) is 0 Å². The van der Waals surface area contributed by atoms with Crippen LogP contribution in [0.3, 0.4) is 0 Å². The number of esters is 1. The highest BCUT2D eigenvalue weighted by Gasteiger charge is 2.30. The first kappa shape index (κ1) is 19.2. The number of aromatic nitrogens is 1. The fourth-order valence-electron chi connectivity index (χ4n) is 2.89. The molecule has 0 atom stereocenters. The largest absolute Gasteiger partial charge is 0.462 e. The van der Waals surface area contributed by atoms with Gasteiger partial charge in [0.05, 0.1) is 35.1 Å². The number of alkyl halides is 3. The van der Waals surface area contributed by atoms with Gasteiger partial charge in [0.1, 0.15) is 0 Å². The second-order valence-corrected chi connectivity index (χ2v) is 5.94. The molecular formula is C21H15F3N2O2. The molecule has 0 aliphatic heterocycles. The topological polar surface area (TPSA) is 65.9 Å². The maximum Gasteiger partial charge on any atom is 0.416 e. The molecule has 0 amide bonds. The Morgan fingerprint density at radius 1 is 1.14 bits per heavy atom. The standard InChI is InChI=1S/C21H15F3N2O2/c1-2-28-20(27)17-12-26-19(14-6-8-16(9-7-14)21(22,23)24)18(17)15-5-3-4-13(10-15)11-25/h3-10,12,26H,2H2,1H3. The van der Waals surface area contributed by atoms with Crippen molar-refractivity contribution in [3.8, 4) is 28.5 Å². The third-order valence-electron chi connectivity index (χ3n) is 4.16. The normalized spacial score (nSPS) is 11.1. The summed E-state index contributed by atoms with van der Waals surface area (Å²) in [5.41, 5.74) is 1.86. The minimum atomic E-state index is -4.44. The molecule has 0 bridgehead atoms. The lowest BCUT2D eigenvalue weighted by molar-refractivity contribution is -0.137. The Kier molecular flexibility index (Phi) is 5.23. The molecule has 4 nitrogen and oxygen atoms in total. The molecule has 0 saturated heterocycles. The van der Waals surface area contributed by atoms with Gasteiger partial charge in [-0.2, -0.15) is 18.4 Å². The van der Waals surface area contributed by atoms with Gasteiger partial charge in [-0.25, -0.2) is 4.79 Å². The average molecular weight is 384 g/mol. The highest BCUT2D eigenvalue weighted by Crippen LogP contribution is 2.37. The van der Waals surface area contributed by atoms with Crippen molar-refractivity contribution >= 4 is 5.97 Å². The number of ether oxygens (including phenoxy) is 1. The van der Waals surface area contributed by atoms with Crippen molar-refractivity contribution in [1.29, 1.82) is 5.26 Å². The molecule has 0 spiro atoms. The Bertz CT molecular complexity index is 1040. The minimum absolute atomic E-state index is 0.178. The highest BCUT2D eigenvalue weighted by molar-refractivity contribution is 6.02. The molecule has 0 aliphatic carbocycles. The van der Waals surface area contributed by atoms with Crippen LogP contribution in [-0.2, 0) is 10.9 Å². The zero-order valence-corrected chi connectivity index (χ0v) is 14.8. The summed E-state index contributed by atoms with van der Waals surface area (Å²) in [4.78, 5) is 15.3. The monoisotopic (exact) mass is 384 g/mol. The van der Waals surface area contributed by atoms with E-state index in [4.69, 9.17) is 10.00 Å². The van der Waals surface area contributed by atoms with Crippen LogP contribution in [-0.4, -0.2) is 17.6 Å². The molecule has 1 N–H and O–H groups in total. The summed E-state index contributed by atoms with van der Waals surface area (Å²) in [6.45, 7) is 1.86. The van der Waals surface area contributed by atoms with Crippen molar-refractivity contribution in [3.05, 3.63) is 71.4 Å². The number of aromatic amines is 1. The fraction of sp³-hybridized carbons (Fsp3) is 0.143. The lowest BCUT2D eigenvalue weighted by Gasteiger charge is -2.10. The van der Waals surface area contributed by atoms with Gasteiger partial charge in [-0.15, -0.1) is 0 Å². The number of hydrogen-bond acceptors (Lipinski definition) is 3. The molecule has 3 aromatic rings. The third kappa shape index (κ3) is 3.76. The Balaban J connectivity index is 2.16. The summed E-state index contributed by atoms with van der Waals surface area (Å²) >= 11 is 0. The average Bonchev–Trinajstić information content (AvgIpc) is 3.13. The van der Waals surface area contributed by atoms with Crippen molar-refractivity contribution in [2.45, 2.75) is 13.1 Å². The van der Waals surface area contributed by atoms with E-state index in [2.05, 4.69) is 4.98 Å². The van der Waals surface area contributed by atoms with E-state index in [0.717, 1.165) is 12.1 Å². The molecule has 0 radical (unpaired) electrons. The molecule has 0 fully saturated rings. The summed E-state index contributed by atoms with van der Waals surface area (Å²) < 4.78 is 43.6. The number of carbonyl (C=O) groups excluding carboxylic acids is 1. The van der Waals surface area contributed by atoms with E-state index in [1.54, 1.807) is 31.2 Å². The first-order chi connectivity index (χ1) is 13.3. The summed E-state index contributed by atoms with van der Waals surface area (Å²) in [5.74, 6) is -0.561. The molecule has 3 rings (SSSR count). The number of rotatable bonds is 4. The molecule has 0 unspecified atom stereocenters. The van der Waals surface area contributed by atoms with Gasteiger partial charge in [0.15, 0.2) is 0 Å². The summed E-state index contributed by atoms with van der Waals surface area (Å²) in [6, 6.07) is 13.3. The van der Waals surface area contributed by atoms with E-state index in [-0.39, 0.29) is 12.2 Å². The van der Waals surface area contributed by atoms with Crippen LogP contribution in [0.1, 0.15) is 28.4 Å². The predicted octanol–water partition coefficient (Wildman–Crippen LogP) is 5.42. The van der Waals surface area contributed by atoms with Crippen LogP contribution in [0.15, 0.2) is 54.7 Å². The molecule has 1 aromatic heterocycles. The van der Waals surface area contributed by atoms with E-state index in [0.29, 0.717) is 27.9 Å². The number of nitrogens with zero attached hydrogens (tertiary/aromatic N) is 1. The van der Waals surface area contributed by atoms with E-state index in [1.807, 2.05) is 6.07 Å². The number of benzene rings is 2. The van der Waals surface area contributed by atoms with Crippen LogP contribution in [0.4, 0.5) is 13.2 Å². The quantitative estimate of drug-likeness (QED) is 0.611. The molecule has 2 aromatic carbocycles. The Morgan fingerprint density at radius 2 is 1.86 bits per heavy atom. The summed E-state index contributed by atoms with van der Waals surface area (Å²) in [7, 11) is 0. The lowest BCUT2D eigenvalue weighted by Crippen LogP contribution is -2.05. The Hall–Kier alpha value is -3.53. The van der Waals surface area contributed by atoms with Crippen molar-refractivity contribution in [1.82, 2.24) is 4.98 Å². The molecule has 0 aliphatic rings. The molecule has 142 valence electrons. The van der Waals surface area contributed by atoms with Crippen LogP contribution in [0, 0.1) is 11.3 Å². The first-order valence-corrected chi connectivity index (χ1v) is 8.41. The van der Waals surface area contributed by atoms with E-state index < -0.39 is 17.7 Å². The maximum atomic E-state index is 12.8. The van der Waals surface area contributed by atoms with Crippen molar-refractivity contribution in [2.24, 2.45) is 0 Å². The van der Waals surface area contributed by atoms with E-state index in [9.17, 15) is 18.0 Å². The highest BCUT2D eigenvalue weighted by atomic mass is 19.4. The van der Waals surface area contributed by atoms with Gasteiger partial charge < -0.3 is 9.72 Å². The number of halogens is 3. The molecular weight excluding hydrogens is 369 g/mol. The van der Waals surface area contributed by atoms with Gasteiger partial charge in [-0.05, 0) is 42.3 Å². The maximum absolute atomic E-state index is 12.8. The van der Waals surface area contributed by atoms with Gasteiger partial charge in [0.25, 0.3) is 0 Å². The third-order valence-corrected chi connectivity index (χ3v) is 4.16. The van der Waals surface area contributed by atoms with Crippen LogP contribution >= 0.6 is 0 Å². The minimum Gasteiger partial charge on any atom is -0.462 e. The number of nitriles is 1. The number of H-pyrrole nitrogens is 1. The first-order valence-electron chi connectivity index (χ1n) is 8.41. The lowest BCUT2D eigenvalue weighted by atomic mass is 9.96. The van der Waals surface area contributed by atoms with Gasteiger partial charge >= 0.3 is 12.1 Å². The molecule has 7 heteroatoms. The smallest absolute Gasteiger partial charge is 0.416 e.